The van der Waals surface area contributed by atoms with Crippen LogP contribution in [0.2, 0.25) is 0 Å². The summed E-state index contributed by atoms with van der Waals surface area (Å²) in [5.41, 5.74) is 1.97. The topological polar surface area (TPSA) is 37.4 Å². The summed E-state index contributed by atoms with van der Waals surface area (Å²) in [5.74, 6) is -0.0513. The van der Waals surface area contributed by atoms with Crippen LogP contribution in [0.15, 0.2) is 18.2 Å². The van der Waals surface area contributed by atoms with Gasteiger partial charge >= 0.3 is 0 Å². The van der Waals surface area contributed by atoms with Crippen LogP contribution in [0.3, 0.4) is 0 Å². The number of aryl methyl sites for hydroxylation is 1. The fourth-order valence-electron chi connectivity index (χ4n) is 2.47. The Morgan fingerprint density at radius 3 is 2.21 bits per heavy atom. The molecule has 0 aliphatic heterocycles. The van der Waals surface area contributed by atoms with Gasteiger partial charge in [-0.3, -0.25) is 9.59 Å². The van der Waals surface area contributed by atoms with Crippen LogP contribution in [0, 0.1) is 0 Å². The van der Waals surface area contributed by atoms with Gasteiger partial charge in [-0.15, -0.1) is 0 Å². The van der Waals surface area contributed by atoms with Crippen molar-refractivity contribution >= 4 is 12.2 Å². The van der Waals surface area contributed by atoms with Crippen molar-refractivity contribution in [2.24, 2.45) is 0 Å². The molecule has 0 aromatic heterocycles. The summed E-state index contributed by atoms with van der Waals surface area (Å²) in [4.78, 5) is 25.8. The number of benzene rings is 1. The summed E-state index contributed by atoms with van der Waals surface area (Å²) in [7, 11) is 0. The number of carbonyl (C=O) groups excluding carboxylic acids is 2. The fourth-order valence-corrected chi connectivity index (χ4v) is 2.47. The Hall–Kier alpha value is -1.64. The van der Waals surface area contributed by atoms with Gasteiger partial charge in [0.05, 0.1) is 5.56 Å². The quantitative estimate of drug-likeness (QED) is 0.762. The number of aldehydes is 1. The lowest BCUT2D eigenvalue weighted by Gasteiger charge is -2.31. The average molecular weight is 261 g/mol. The van der Waals surface area contributed by atoms with Crippen molar-refractivity contribution in [3.05, 3.63) is 34.9 Å². The highest BCUT2D eigenvalue weighted by molar-refractivity contribution is 6.03. The van der Waals surface area contributed by atoms with Crippen LogP contribution in [0.5, 0.6) is 0 Å². The predicted molar refractivity (Wildman–Crippen MR) is 77.6 cm³/mol. The first-order chi connectivity index (χ1) is 8.93. The maximum atomic E-state index is 12.8. The van der Waals surface area contributed by atoms with Gasteiger partial charge < -0.3 is 4.90 Å². The first kappa shape index (κ1) is 15.4. The molecule has 0 atom stereocenters. The predicted octanol–water partition coefficient (Wildman–Crippen LogP) is 3.32. The molecule has 0 saturated carbocycles. The molecule has 0 saturated heterocycles. The molecule has 1 aromatic carbocycles. The standard InChI is InChI=1S/C16H23NO2/c1-6-13-8-7-9-14(10-18)15(13)16(19)17(11(2)3)12(4)5/h7-12H,6H2,1-5H3. The Kier molecular flexibility index (Phi) is 5.28. The molecular formula is C16H23NO2. The van der Waals surface area contributed by atoms with Gasteiger partial charge in [0.25, 0.3) is 5.91 Å². The Bertz CT molecular complexity index is 456. The van der Waals surface area contributed by atoms with Crippen LogP contribution in [0.25, 0.3) is 0 Å². The van der Waals surface area contributed by atoms with E-state index in [0.717, 1.165) is 18.3 Å². The maximum Gasteiger partial charge on any atom is 0.255 e. The number of nitrogens with zero attached hydrogens (tertiary/aromatic N) is 1. The molecule has 0 aliphatic rings. The van der Waals surface area contributed by atoms with Crippen molar-refractivity contribution in [1.29, 1.82) is 0 Å². The van der Waals surface area contributed by atoms with Gasteiger partial charge in [0.2, 0.25) is 0 Å². The molecule has 0 bridgehead atoms. The van der Waals surface area contributed by atoms with Crippen molar-refractivity contribution in [2.45, 2.75) is 53.1 Å². The van der Waals surface area contributed by atoms with E-state index in [2.05, 4.69) is 0 Å². The number of carbonyl (C=O) groups is 2. The van der Waals surface area contributed by atoms with E-state index >= 15 is 0 Å². The highest BCUT2D eigenvalue weighted by Crippen LogP contribution is 2.20. The van der Waals surface area contributed by atoms with Crippen LogP contribution in [0.4, 0.5) is 0 Å². The first-order valence-corrected chi connectivity index (χ1v) is 6.83. The molecule has 3 nitrogen and oxygen atoms in total. The van der Waals surface area contributed by atoms with Crippen molar-refractivity contribution in [3.8, 4) is 0 Å². The van der Waals surface area contributed by atoms with Gasteiger partial charge in [-0.2, -0.15) is 0 Å². The van der Waals surface area contributed by atoms with E-state index in [1.807, 2.05) is 51.7 Å². The average Bonchev–Trinajstić information content (AvgIpc) is 2.36. The molecule has 0 fully saturated rings. The van der Waals surface area contributed by atoms with E-state index < -0.39 is 0 Å². The highest BCUT2D eigenvalue weighted by Gasteiger charge is 2.25. The largest absolute Gasteiger partial charge is 0.334 e. The normalized spacial score (nSPS) is 10.9. The zero-order valence-corrected chi connectivity index (χ0v) is 12.4. The van der Waals surface area contributed by atoms with Crippen molar-refractivity contribution in [1.82, 2.24) is 4.90 Å². The van der Waals surface area contributed by atoms with E-state index in [1.165, 1.54) is 0 Å². The second kappa shape index (κ2) is 6.50. The number of hydrogen-bond donors (Lipinski definition) is 0. The lowest BCUT2D eigenvalue weighted by atomic mass is 9.97. The molecule has 3 heteroatoms. The minimum Gasteiger partial charge on any atom is -0.334 e. The van der Waals surface area contributed by atoms with Crippen molar-refractivity contribution in [2.75, 3.05) is 0 Å². The van der Waals surface area contributed by atoms with Gasteiger partial charge in [0, 0.05) is 17.6 Å². The second-order valence-electron chi connectivity index (χ2n) is 5.25. The van der Waals surface area contributed by atoms with Crippen LogP contribution < -0.4 is 0 Å². The third-order valence-electron chi connectivity index (χ3n) is 3.25. The van der Waals surface area contributed by atoms with Crippen LogP contribution in [-0.2, 0) is 6.42 Å². The molecular weight excluding hydrogens is 238 g/mol. The summed E-state index contributed by atoms with van der Waals surface area (Å²) in [6, 6.07) is 5.67. The summed E-state index contributed by atoms with van der Waals surface area (Å²) in [6.07, 6.45) is 1.51. The van der Waals surface area contributed by atoms with Gasteiger partial charge in [0.15, 0.2) is 6.29 Å². The Morgan fingerprint density at radius 2 is 1.79 bits per heavy atom. The molecule has 1 amide bonds. The van der Waals surface area contributed by atoms with Crippen molar-refractivity contribution < 1.29 is 9.59 Å². The minimum atomic E-state index is -0.0513. The lowest BCUT2D eigenvalue weighted by Crippen LogP contribution is -2.42. The first-order valence-electron chi connectivity index (χ1n) is 6.83. The molecule has 0 radical (unpaired) electrons. The molecule has 0 spiro atoms. The smallest absolute Gasteiger partial charge is 0.255 e. The van der Waals surface area contributed by atoms with E-state index in [-0.39, 0.29) is 18.0 Å². The van der Waals surface area contributed by atoms with E-state index in [1.54, 1.807) is 6.07 Å². The summed E-state index contributed by atoms with van der Waals surface area (Å²) in [5, 5.41) is 0. The van der Waals surface area contributed by atoms with Gasteiger partial charge in [-0.25, -0.2) is 0 Å². The van der Waals surface area contributed by atoms with Crippen LogP contribution in [-0.4, -0.2) is 29.2 Å². The van der Waals surface area contributed by atoms with Gasteiger partial charge in [-0.1, -0.05) is 25.1 Å². The van der Waals surface area contributed by atoms with Crippen LogP contribution >= 0.6 is 0 Å². The lowest BCUT2D eigenvalue weighted by molar-refractivity contribution is 0.0640. The van der Waals surface area contributed by atoms with E-state index in [0.29, 0.717) is 11.1 Å². The molecule has 19 heavy (non-hydrogen) atoms. The number of hydrogen-bond acceptors (Lipinski definition) is 2. The zero-order valence-electron chi connectivity index (χ0n) is 12.4. The Labute approximate surface area is 115 Å². The third-order valence-corrected chi connectivity index (χ3v) is 3.25. The second-order valence-corrected chi connectivity index (χ2v) is 5.25. The van der Waals surface area contributed by atoms with Crippen LogP contribution in [0.1, 0.15) is 60.9 Å². The summed E-state index contributed by atoms with van der Waals surface area (Å²) in [6.45, 7) is 9.97. The Morgan fingerprint density at radius 1 is 1.21 bits per heavy atom. The monoisotopic (exact) mass is 261 g/mol. The van der Waals surface area contributed by atoms with Gasteiger partial charge in [0.1, 0.15) is 0 Å². The molecule has 1 rings (SSSR count). The van der Waals surface area contributed by atoms with Crippen molar-refractivity contribution in [3.63, 3.8) is 0 Å². The van der Waals surface area contributed by atoms with E-state index in [4.69, 9.17) is 0 Å². The molecule has 0 unspecified atom stereocenters. The molecule has 1 aromatic rings. The molecule has 0 heterocycles. The SMILES string of the molecule is CCc1cccc(C=O)c1C(=O)N(C(C)C)C(C)C. The highest BCUT2D eigenvalue weighted by atomic mass is 16.2. The molecule has 0 aliphatic carbocycles. The summed E-state index contributed by atoms with van der Waals surface area (Å²) >= 11 is 0. The third kappa shape index (κ3) is 3.22. The summed E-state index contributed by atoms with van der Waals surface area (Å²) < 4.78 is 0. The molecule has 0 N–H and O–H groups in total. The Balaban J connectivity index is 3.35. The van der Waals surface area contributed by atoms with Gasteiger partial charge in [-0.05, 0) is 39.7 Å². The van der Waals surface area contributed by atoms with E-state index in [9.17, 15) is 9.59 Å². The zero-order chi connectivity index (χ0) is 14.6. The number of rotatable bonds is 5. The molecule has 104 valence electrons. The maximum absolute atomic E-state index is 12.8. The number of amides is 1. The minimum absolute atomic E-state index is 0.0513. The fraction of sp³-hybridized carbons (Fsp3) is 0.500.